The Balaban J connectivity index is 2.14. The van der Waals surface area contributed by atoms with Crippen LogP contribution in [0, 0.1) is 10.1 Å². The Morgan fingerprint density at radius 3 is 2.79 bits per heavy atom. The number of amides is 1. The van der Waals surface area contributed by atoms with Gasteiger partial charge in [-0.2, -0.15) is 0 Å². The highest BCUT2D eigenvalue weighted by atomic mass is 16.6. The number of nitrogens with zero attached hydrogens (tertiary/aromatic N) is 2. The number of pyridine rings is 1. The van der Waals surface area contributed by atoms with Gasteiger partial charge in [0.25, 0.3) is 11.6 Å². The van der Waals surface area contributed by atoms with Crippen LogP contribution >= 0.6 is 0 Å². The predicted octanol–water partition coefficient (Wildman–Crippen LogP) is 2.30. The fraction of sp³-hybridized carbons (Fsp3) is 0. The lowest BCUT2D eigenvalue weighted by Crippen LogP contribution is -2.10. The van der Waals surface area contributed by atoms with Crippen molar-refractivity contribution in [3.63, 3.8) is 0 Å². The summed E-state index contributed by atoms with van der Waals surface area (Å²) < 4.78 is 0. The van der Waals surface area contributed by atoms with Gasteiger partial charge in [-0.3, -0.25) is 14.9 Å². The van der Waals surface area contributed by atoms with E-state index in [1.54, 1.807) is 18.3 Å². The number of fused-ring (bicyclic) bond motifs is 2. The van der Waals surface area contributed by atoms with Crippen LogP contribution in [0.15, 0.2) is 36.5 Å². The summed E-state index contributed by atoms with van der Waals surface area (Å²) in [5.41, 5.74) is 1.26. The van der Waals surface area contributed by atoms with Crippen LogP contribution in [-0.2, 0) is 0 Å². The largest absolute Gasteiger partial charge is 0.338 e. The molecule has 7 heteroatoms. The molecule has 3 rings (SSSR count). The van der Waals surface area contributed by atoms with Crippen molar-refractivity contribution in [2.75, 3.05) is 10.6 Å². The van der Waals surface area contributed by atoms with Crippen LogP contribution < -0.4 is 10.6 Å². The summed E-state index contributed by atoms with van der Waals surface area (Å²) in [7, 11) is 0. The van der Waals surface area contributed by atoms with Gasteiger partial charge in [0.15, 0.2) is 0 Å². The van der Waals surface area contributed by atoms with Gasteiger partial charge in [-0.1, -0.05) is 0 Å². The van der Waals surface area contributed by atoms with Crippen LogP contribution in [0.2, 0.25) is 0 Å². The SMILES string of the molecule is O=C1Nc2ccc([N+](=O)[O-])cc2Nc2ncccc21. The topological polar surface area (TPSA) is 97.2 Å². The second-order valence-electron chi connectivity index (χ2n) is 3.97. The molecule has 2 heterocycles. The zero-order chi connectivity index (χ0) is 13.4. The molecule has 0 saturated heterocycles. The van der Waals surface area contributed by atoms with Gasteiger partial charge in [-0.05, 0) is 18.2 Å². The lowest BCUT2D eigenvalue weighted by molar-refractivity contribution is -0.384. The molecule has 0 radical (unpaired) electrons. The van der Waals surface area contributed by atoms with E-state index in [0.29, 0.717) is 22.8 Å². The van der Waals surface area contributed by atoms with Crippen LogP contribution in [0.25, 0.3) is 0 Å². The van der Waals surface area contributed by atoms with Crippen molar-refractivity contribution < 1.29 is 9.72 Å². The molecule has 2 aromatic rings. The summed E-state index contributed by atoms with van der Waals surface area (Å²) in [5.74, 6) is 0.0717. The van der Waals surface area contributed by atoms with Gasteiger partial charge in [0, 0.05) is 18.3 Å². The smallest absolute Gasteiger partial charge is 0.271 e. The molecule has 0 fully saturated rings. The molecule has 0 unspecified atom stereocenters. The maximum Gasteiger partial charge on any atom is 0.271 e. The monoisotopic (exact) mass is 256 g/mol. The summed E-state index contributed by atoms with van der Waals surface area (Å²) in [6.45, 7) is 0. The number of anilines is 3. The molecule has 0 bridgehead atoms. The van der Waals surface area contributed by atoms with Crippen molar-refractivity contribution in [3.05, 3.63) is 52.2 Å². The number of nitro benzene ring substituents is 1. The summed E-state index contributed by atoms with van der Waals surface area (Å²) in [6.07, 6.45) is 1.54. The molecule has 0 spiro atoms. The molecule has 1 aromatic carbocycles. The molecule has 0 saturated carbocycles. The Kier molecular flexibility index (Phi) is 2.38. The minimum absolute atomic E-state index is 0.0557. The zero-order valence-electron chi connectivity index (χ0n) is 9.58. The van der Waals surface area contributed by atoms with E-state index in [1.165, 1.54) is 18.2 Å². The third-order valence-corrected chi connectivity index (χ3v) is 2.77. The van der Waals surface area contributed by atoms with Gasteiger partial charge in [-0.15, -0.1) is 0 Å². The number of carbonyl (C=O) groups excluding carboxylic acids is 1. The number of aromatic nitrogens is 1. The molecular formula is C12H8N4O3. The van der Waals surface area contributed by atoms with Gasteiger partial charge in [-0.25, -0.2) is 4.98 Å². The highest BCUT2D eigenvalue weighted by Crippen LogP contribution is 2.33. The van der Waals surface area contributed by atoms with Crippen molar-refractivity contribution in [1.82, 2.24) is 4.98 Å². The molecular weight excluding hydrogens is 248 g/mol. The first-order chi connectivity index (χ1) is 9.15. The number of benzene rings is 1. The number of nitrogens with one attached hydrogen (secondary N) is 2. The highest BCUT2D eigenvalue weighted by molar-refractivity contribution is 6.11. The molecule has 1 aromatic heterocycles. The van der Waals surface area contributed by atoms with E-state index in [-0.39, 0.29) is 11.6 Å². The van der Waals surface area contributed by atoms with Crippen molar-refractivity contribution in [2.45, 2.75) is 0 Å². The number of hydrogen-bond acceptors (Lipinski definition) is 5. The van der Waals surface area contributed by atoms with Crippen molar-refractivity contribution >= 4 is 28.8 Å². The normalized spacial score (nSPS) is 12.5. The molecule has 7 nitrogen and oxygen atoms in total. The van der Waals surface area contributed by atoms with Crippen LogP contribution in [-0.4, -0.2) is 15.8 Å². The van der Waals surface area contributed by atoms with Crippen LogP contribution in [0.1, 0.15) is 10.4 Å². The molecule has 0 atom stereocenters. The van der Waals surface area contributed by atoms with Crippen molar-refractivity contribution in [1.29, 1.82) is 0 Å². The standard InChI is InChI=1S/C12H8N4O3/c17-12-8-2-1-5-13-11(8)14-10-6-7(16(18)19)3-4-9(10)15-12/h1-6H,(H,13,14)(H,15,17). The van der Waals surface area contributed by atoms with E-state index in [0.717, 1.165) is 0 Å². The first-order valence-corrected chi connectivity index (χ1v) is 5.47. The fourth-order valence-corrected chi connectivity index (χ4v) is 1.86. The summed E-state index contributed by atoms with van der Waals surface area (Å²) in [5, 5.41) is 16.4. The van der Waals surface area contributed by atoms with E-state index in [2.05, 4.69) is 15.6 Å². The quantitative estimate of drug-likeness (QED) is 0.602. The maximum atomic E-state index is 12.0. The number of hydrogen-bond donors (Lipinski definition) is 2. The van der Waals surface area contributed by atoms with Gasteiger partial charge in [0.2, 0.25) is 0 Å². The van der Waals surface area contributed by atoms with Gasteiger partial charge in [0.1, 0.15) is 5.82 Å². The number of carbonyl (C=O) groups is 1. The average Bonchev–Trinajstić information content (AvgIpc) is 2.54. The molecule has 0 aliphatic carbocycles. The Bertz CT molecular complexity index is 699. The highest BCUT2D eigenvalue weighted by Gasteiger charge is 2.21. The molecule has 2 N–H and O–H groups in total. The number of non-ortho nitro benzene ring substituents is 1. The summed E-state index contributed by atoms with van der Waals surface area (Å²) in [6, 6.07) is 7.47. The summed E-state index contributed by atoms with van der Waals surface area (Å²) >= 11 is 0. The molecule has 1 aliphatic rings. The average molecular weight is 256 g/mol. The third-order valence-electron chi connectivity index (χ3n) is 2.77. The Morgan fingerprint density at radius 1 is 1.16 bits per heavy atom. The van der Waals surface area contributed by atoms with Crippen molar-refractivity contribution in [3.8, 4) is 0 Å². The lowest BCUT2D eigenvalue weighted by atomic mass is 10.2. The molecule has 1 amide bonds. The van der Waals surface area contributed by atoms with E-state index in [9.17, 15) is 14.9 Å². The zero-order valence-corrected chi connectivity index (χ0v) is 9.58. The Labute approximate surface area is 107 Å². The molecule has 94 valence electrons. The predicted molar refractivity (Wildman–Crippen MR) is 68.6 cm³/mol. The van der Waals surface area contributed by atoms with Gasteiger partial charge >= 0.3 is 0 Å². The minimum Gasteiger partial charge on any atom is -0.338 e. The van der Waals surface area contributed by atoms with Crippen molar-refractivity contribution in [2.24, 2.45) is 0 Å². The minimum atomic E-state index is -0.492. The Morgan fingerprint density at radius 2 is 2.00 bits per heavy atom. The fourth-order valence-electron chi connectivity index (χ4n) is 1.86. The number of nitro groups is 1. The van der Waals surface area contributed by atoms with E-state index in [4.69, 9.17) is 0 Å². The van der Waals surface area contributed by atoms with Crippen LogP contribution in [0.5, 0.6) is 0 Å². The molecule has 1 aliphatic heterocycles. The first-order valence-electron chi connectivity index (χ1n) is 5.47. The first kappa shape index (κ1) is 11.1. The second-order valence-corrected chi connectivity index (χ2v) is 3.97. The van der Waals surface area contributed by atoms with E-state index < -0.39 is 4.92 Å². The Hall–Kier alpha value is -2.96. The third kappa shape index (κ3) is 1.86. The van der Waals surface area contributed by atoms with E-state index >= 15 is 0 Å². The second kappa shape index (κ2) is 4.05. The van der Waals surface area contributed by atoms with Gasteiger partial charge < -0.3 is 10.6 Å². The summed E-state index contributed by atoms with van der Waals surface area (Å²) in [4.78, 5) is 26.3. The molecule has 19 heavy (non-hydrogen) atoms. The lowest BCUT2D eigenvalue weighted by Gasteiger charge is -2.06. The van der Waals surface area contributed by atoms with E-state index in [1.807, 2.05) is 0 Å². The van der Waals surface area contributed by atoms with Crippen LogP contribution in [0.3, 0.4) is 0 Å². The van der Waals surface area contributed by atoms with Gasteiger partial charge in [0.05, 0.1) is 21.9 Å². The van der Waals surface area contributed by atoms with Crippen LogP contribution in [0.4, 0.5) is 22.9 Å². The number of rotatable bonds is 1. The maximum absolute atomic E-state index is 12.0.